The zero-order valence-corrected chi connectivity index (χ0v) is 10.9. The molecule has 0 saturated heterocycles. The minimum atomic E-state index is -0.437. The lowest BCUT2D eigenvalue weighted by Gasteiger charge is -2.58. The molecule has 4 fully saturated rings. The topological polar surface area (TPSA) is 55.4 Å². The molecule has 100 valence electrons. The first-order valence-corrected chi connectivity index (χ1v) is 6.94. The molecule has 18 heavy (non-hydrogen) atoms. The Balaban J connectivity index is 1.88. The van der Waals surface area contributed by atoms with Crippen molar-refractivity contribution in [2.45, 2.75) is 44.6 Å². The van der Waals surface area contributed by atoms with Crippen LogP contribution < -0.4 is 5.32 Å². The van der Waals surface area contributed by atoms with E-state index in [1.807, 2.05) is 0 Å². The van der Waals surface area contributed by atoms with Gasteiger partial charge < -0.3 is 10.1 Å². The summed E-state index contributed by atoms with van der Waals surface area (Å²) in [6.45, 7) is 0. The van der Waals surface area contributed by atoms with Crippen LogP contribution in [0.4, 0.5) is 0 Å². The number of carbonyl (C=O) groups excluding carboxylic acids is 2. The molecule has 4 saturated carbocycles. The molecule has 1 N–H and O–H groups in total. The van der Waals surface area contributed by atoms with Crippen molar-refractivity contribution in [3.8, 4) is 0 Å². The Morgan fingerprint density at radius 3 is 2.11 bits per heavy atom. The number of carbonyl (C=O) groups is 2. The Morgan fingerprint density at radius 2 is 1.72 bits per heavy atom. The highest BCUT2D eigenvalue weighted by Crippen LogP contribution is 2.61. The van der Waals surface area contributed by atoms with Crippen molar-refractivity contribution < 1.29 is 14.3 Å². The normalized spacial score (nSPS) is 42.4. The maximum absolute atomic E-state index is 12.0. The summed E-state index contributed by atoms with van der Waals surface area (Å²) >= 11 is 0. The summed E-state index contributed by atoms with van der Waals surface area (Å²) in [5.74, 6) is 2.01. The summed E-state index contributed by atoms with van der Waals surface area (Å²) < 4.78 is 4.89. The molecule has 4 aliphatic rings. The maximum atomic E-state index is 12.0. The number of nitrogens with one attached hydrogen (secondary N) is 1. The number of esters is 1. The van der Waals surface area contributed by atoms with E-state index in [1.54, 1.807) is 0 Å². The first-order valence-electron chi connectivity index (χ1n) is 6.94. The zero-order chi connectivity index (χ0) is 12.8. The molecule has 0 aromatic heterocycles. The monoisotopic (exact) mass is 251 g/mol. The minimum Gasteiger partial charge on any atom is -0.467 e. The van der Waals surface area contributed by atoms with Crippen LogP contribution in [-0.4, -0.2) is 25.5 Å². The maximum Gasteiger partial charge on any atom is 0.328 e. The number of hydrogen-bond acceptors (Lipinski definition) is 3. The van der Waals surface area contributed by atoms with Gasteiger partial charge in [0.25, 0.3) is 0 Å². The molecular formula is C14H21NO3. The van der Waals surface area contributed by atoms with Gasteiger partial charge in [0, 0.05) is 5.41 Å². The lowest BCUT2D eigenvalue weighted by atomic mass is 9.47. The molecule has 0 radical (unpaired) electrons. The van der Waals surface area contributed by atoms with Gasteiger partial charge in [0.2, 0.25) is 6.41 Å². The van der Waals surface area contributed by atoms with E-state index < -0.39 is 6.04 Å². The predicted molar refractivity (Wildman–Crippen MR) is 65.6 cm³/mol. The second kappa shape index (κ2) is 4.25. The van der Waals surface area contributed by atoms with E-state index in [2.05, 4.69) is 5.32 Å². The van der Waals surface area contributed by atoms with Gasteiger partial charge in [0.1, 0.15) is 6.04 Å². The van der Waals surface area contributed by atoms with Crippen molar-refractivity contribution >= 4 is 12.4 Å². The van der Waals surface area contributed by atoms with Crippen molar-refractivity contribution in [3.63, 3.8) is 0 Å². The molecule has 0 aromatic rings. The third-order valence-electron chi connectivity index (χ3n) is 5.37. The van der Waals surface area contributed by atoms with Crippen LogP contribution in [0.25, 0.3) is 0 Å². The summed E-state index contributed by atoms with van der Waals surface area (Å²) in [5, 5.41) is 2.74. The average molecular weight is 251 g/mol. The van der Waals surface area contributed by atoms with Gasteiger partial charge in [-0.05, 0) is 56.3 Å². The highest BCUT2D eigenvalue weighted by Gasteiger charge is 2.56. The quantitative estimate of drug-likeness (QED) is 0.608. The van der Waals surface area contributed by atoms with E-state index in [1.165, 1.54) is 26.4 Å². The number of methoxy groups -OCH3 is 1. The fourth-order valence-corrected chi connectivity index (χ4v) is 5.21. The average Bonchev–Trinajstić information content (AvgIpc) is 2.33. The fraction of sp³-hybridized carbons (Fsp3) is 0.857. The molecule has 4 bridgehead atoms. The van der Waals surface area contributed by atoms with Gasteiger partial charge in [-0.3, -0.25) is 4.79 Å². The highest BCUT2D eigenvalue weighted by atomic mass is 16.5. The SMILES string of the molecule is COC(=O)C(NC=O)C12CC3CC(CC(C3)C1)C2. The third kappa shape index (κ3) is 1.73. The second-order valence-electron chi connectivity index (χ2n) is 6.52. The molecule has 0 heterocycles. The highest BCUT2D eigenvalue weighted by molar-refractivity contribution is 5.79. The van der Waals surface area contributed by atoms with Crippen LogP contribution in [0, 0.1) is 23.2 Å². The summed E-state index contributed by atoms with van der Waals surface area (Å²) in [5.41, 5.74) is -0.0250. The van der Waals surface area contributed by atoms with Crippen LogP contribution >= 0.6 is 0 Å². The first-order chi connectivity index (χ1) is 8.66. The molecule has 1 amide bonds. The van der Waals surface area contributed by atoms with Gasteiger partial charge in [-0.15, -0.1) is 0 Å². The van der Waals surface area contributed by atoms with Gasteiger partial charge in [0.15, 0.2) is 0 Å². The molecule has 4 rings (SSSR count). The van der Waals surface area contributed by atoms with Gasteiger partial charge >= 0.3 is 5.97 Å². The van der Waals surface area contributed by atoms with Crippen molar-refractivity contribution in [1.82, 2.24) is 5.32 Å². The van der Waals surface area contributed by atoms with Crippen LogP contribution in [0.1, 0.15) is 38.5 Å². The number of amides is 1. The Bertz CT molecular complexity index is 331. The lowest BCUT2D eigenvalue weighted by Crippen LogP contribution is -2.58. The van der Waals surface area contributed by atoms with Crippen molar-refractivity contribution in [2.24, 2.45) is 23.2 Å². The number of ether oxygens (including phenoxy) is 1. The first kappa shape index (κ1) is 12.0. The zero-order valence-electron chi connectivity index (χ0n) is 10.9. The Morgan fingerprint density at radius 1 is 1.22 bits per heavy atom. The van der Waals surface area contributed by atoms with E-state index in [0.717, 1.165) is 37.0 Å². The van der Waals surface area contributed by atoms with E-state index in [0.29, 0.717) is 6.41 Å². The molecule has 0 spiro atoms. The number of hydrogen-bond donors (Lipinski definition) is 1. The Kier molecular flexibility index (Phi) is 2.83. The van der Waals surface area contributed by atoms with Crippen molar-refractivity contribution in [2.75, 3.05) is 7.11 Å². The van der Waals surface area contributed by atoms with Gasteiger partial charge in [-0.1, -0.05) is 0 Å². The molecule has 4 heteroatoms. The fourth-order valence-electron chi connectivity index (χ4n) is 5.21. The molecule has 1 atom stereocenters. The Labute approximate surface area is 107 Å². The smallest absolute Gasteiger partial charge is 0.328 e. The van der Waals surface area contributed by atoms with E-state index in [4.69, 9.17) is 4.74 Å². The molecular weight excluding hydrogens is 230 g/mol. The third-order valence-corrected chi connectivity index (χ3v) is 5.37. The summed E-state index contributed by atoms with van der Waals surface area (Å²) in [4.78, 5) is 22.8. The lowest BCUT2D eigenvalue weighted by molar-refractivity contribution is -0.156. The second-order valence-corrected chi connectivity index (χ2v) is 6.52. The van der Waals surface area contributed by atoms with E-state index in [-0.39, 0.29) is 11.4 Å². The predicted octanol–water partition coefficient (Wildman–Crippen LogP) is 1.49. The summed E-state index contributed by atoms with van der Waals surface area (Å²) in [6, 6.07) is -0.437. The van der Waals surface area contributed by atoms with Gasteiger partial charge in [0.05, 0.1) is 7.11 Å². The molecule has 0 aromatic carbocycles. The number of rotatable bonds is 4. The van der Waals surface area contributed by atoms with Crippen LogP contribution in [0.3, 0.4) is 0 Å². The van der Waals surface area contributed by atoms with E-state index >= 15 is 0 Å². The summed E-state index contributed by atoms with van der Waals surface area (Å²) in [6.07, 6.45) is 7.88. The van der Waals surface area contributed by atoms with Gasteiger partial charge in [-0.25, -0.2) is 4.79 Å². The van der Waals surface area contributed by atoms with Crippen LogP contribution in [0.15, 0.2) is 0 Å². The van der Waals surface area contributed by atoms with Crippen LogP contribution in [0.2, 0.25) is 0 Å². The molecule has 1 unspecified atom stereocenters. The molecule has 4 nitrogen and oxygen atoms in total. The van der Waals surface area contributed by atoms with Crippen LogP contribution in [0.5, 0.6) is 0 Å². The Hall–Kier alpha value is -1.06. The molecule has 4 aliphatic carbocycles. The standard InChI is InChI=1S/C14H21NO3/c1-18-13(17)12(15-8-16)14-5-9-2-10(6-14)4-11(3-9)7-14/h8-12H,2-7H2,1H3,(H,15,16). The molecule has 0 aliphatic heterocycles. The van der Waals surface area contributed by atoms with E-state index in [9.17, 15) is 9.59 Å². The van der Waals surface area contributed by atoms with Crippen molar-refractivity contribution in [1.29, 1.82) is 0 Å². The van der Waals surface area contributed by atoms with Crippen molar-refractivity contribution in [3.05, 3.63) is 0 Å². The minimum absolute atomic E-state index is 0.0250. The van der Waals surface area contributed by atoms with Crippen LogP contribution in [-0.2, 0) is 14.3 Å². The largest absolute Gasteiger partial charge is 0.467 e. The summed E-state index contributed by atoms with van der Waals surface area (Å²) in [7, 11) is 1.41. The van der Waals surface area contributed by atoms with Gasteiger partial charge in [-0.2, -0.15) is 0 Å².